The van der Waals surface area contributed by atoms with Crippen LogP contribution in [0.3, 0.4) is 0 Å². The third-order valence-corrected chi connectivity index (χ3v) is 4.19. The number of piperidine rings is 1. The number of nitrogens with zero attached hydrogens (tertiary/aromatic N) is 3. The second-order valence-corrected chi connectivity index (χ2v) is 6.04. The maximum Gasteiger partial charge on any atom is 0.338 e. The Morgan fingerprint density at radius 1 is 1.36 bits per heavy atom. The van der Waals surface area contributed by atoms with E-state index in [4.69, 9.17) is 15.0 Å². The Kier molecular flexibility index (Phi) is 4.97. The van der Waals surface area contributed by atoms with Gasteiger partial charge in [0.05, 0.1) is 11.5 Å². The largest absolute Gasteiger partial charge is 0.454 e. The van der Waals surface area contributed by atoms with Gasteiger partial charge in [-0.25, -0.2) is 4.79 Å². The van der Waals surface area contributed by atoms with E-state index in [2.05, 4.69) is 15.0 Å². The van der Waals surface area contributed by atoms with Gasteiger partial charge in [0.25, 0.3) is 0 Å². The van der Waals surface area contributed by atoms with Crippen molar-refractivity contribution < 1.29 is 18.8 Å². The molecule has 1 aliphatic rings. The van der Waals surface area contributed by atoms with Crippen LogP contribution >= 0.6 is 0 Å². The number of hydrogen-bond donors (Lipinski definition) is 1. The highest BCUT2D eigenvalue weighted by Gasteiger charge is 2.24. The molecule has 3 rings (SSSR count). The fourth-order valence-electron chi connectivity index (χ4n) is 2.87. The Balaban J connectivity index is 1.59. The van der Waals surface area contributed by atoms with E-state index in [1.165, 1.54) is 0 Å². The predicted octanol–water partition coefficient (Wildman–Crippen LogP) is 1.44. The zero-order valence-electron chi connectivity index (χ0n) is 14.0. The molecular formula is C17H20N4O4. The van der Waals surface area contributed by atoms with Gasteiger partial charge in [0.2, 0.25) is 17.6 Å². The predicted molar refractivity (Wildman–Crippen MR) is 88.7 cm³/mol. The van der Waals surface area contributed by atoms with Crippen molar-refractivity contribution in [2.45, 2.75) is 26.4 Å². The molecule has 1 aromatic carbocycles. The summed E-state index contributed by atoms with van der Waals surface area (Å²) in [6, 6.07) is 7.09. The number of ether oxygens (including phenoxy) is 1. The summed E-state index contributed by atoms with van der Waals surface area (Å²) in [4.78, 5) is 29.5. The van der Waals surface area contributed by atoms with Crippen LogP contribution in [0, 0.1) is 12.8 Å². The lowest BCUT2D eigenvalue weighted by Crippen LogP contribution is -2.41. The molecule has 0 saturated carbocycles. The highest BCUT2D eigenvalue weighted by molar-refractivity contribution is 5.89. The molecule has 0 radical (unpaired) electrons. The molecule has 1 amide bonds. The first-order valence-corrected chi connectivity index (χ1v) is 8.13. The smallest absolute Gasteiger partial charge is 0.338 e. The van der Waals surface area contributed by atoms with Crippen LogP contribution in [0.5, 0.6) is 0 Å². The van der Waals surface area contributed by atoms with E-state index < -0.39 is 5.97 Å². The third kappa shape index (κ3) is 4.14. The molecule has 1 fully saturated rings. The summed E-state index contributed by atoms with van der Waals surface area (Å²) in [5.74, 6) is -0.0967. The van der Waals surface area contributed by atoms with Crippen molar-refractivity contribution in [1.82, 2.24) is 10.1 Å². The topological polar surface area (TPSA) is 112 Å². The van der Waals surface area contributed by atoms with E-state index in [-0.39, 0.29) is 18.4 Å². The Labute approximate surface area is 144 Å². The van der Waals surface area contributed by atoms with Crippen molar-refractivity contribution in [2.75, 3.05) is 18.0 Å². The van der Waals surface area contributed by atoms with Gasteiger partial charge in [-0.2, -0.15) is 4.98 Å². The molecule has 8 heteroatoms. The normalized spacial score (nSPS) is 17.3. The average molecular weight is 344 g/mol. The molecule has 1 aromatic heterocycles. The molecule has 25 heavy (non-hydrogen) atoms. The fourth-order valence-corrected chi connectivity index (χ4v) is 2.87. The van der Waals surface area contributed by atoms with E-state index in [9.17, 15) is 9.59 Å². The third-order valence-electron chi connectivity index (χ3n) is 4.19. The molecule has 132 valence electrons. The van der Waals surface area contributed by atoms with E-state index in [1.807, 2.05) is 12.1 Å². The van der Waals surface area contributed by atoms with Gasteiger partial charge >= 0.3 is 5.97 Å². The summed E-state index contributed by atoms with van der Waals surface area (Å²) in [5.41, 5.74) is 6.80. The Bertz CT molecular complexity index is 756. The first-order valence-electron chi connectivity index (χ1n) is 8.13. The molecule has 8 nitrogen and oxygen atoms in total. The Hall–Kier alpha value is -2.90. The number of benzene rings is 1. The van der Waals surface area contributed by atoms with E-state index in [0.29, 0.717) is 23.8 Å². The zero-order chi connectivity index (χ0) is 17.8. The minimum Gasteiger partial charge on any atom is -0.454 e. The monoisotopic (exact) mass is 344 g/mol. The lowest BCUT2D eigenvalue weighted by Gasteiger charge is -2.33. The fraction of sp³-hybridized carbons (Fsp3) is 0.412. The number of esters is 1. The van der Waals surface area contributed by atoms with Crippen LogP contribution in [0.2, 0.25) is 0 Å². The van der Waals surface area contributed by atoms with Gasteiger partial charge < -0.3 is 19.9 Å². The minimum absolute atomic E-state index is 0.0374. The molecule has 0 spiro atoms. The molecule has 2 heterocycles. The van der Waals surface area contributed by atoms with Gasteiger partial charge in [-0.15, -0.1) is 0 Å². The van der Waals surface area contributed by atoms with E-state index in [0.717, 1.165) is 25.1 Å². The summed E-state index contributed by atoms with van der Waals surface area (Å²) >= 11 is 0. The van der Waals surface area contributed by atoms with Crippen molar-refractivity contribution in [2.24, 2.45) is 11.7 Å². The number of carbonyl (C=O) groups is 2. The summed E-state index contributed by atoms with van der Waals surface area (Å²) in [5, 5.41) is 3.67. The molecule has 2 aromatic rings. The van der Waals surface area contributed by atoms with Crippen LogP contribution in [0.1, 0.15) is 34.9 Å². The van der Waals surface area contributed by atoms with Crippen molar-refractivity contribution in [3.63, 3.8) is 0 Å². The van der Waals surface area contributed by atoms with Crippen molar-refractivity contribution in [3.05, 3.63) is 41.5 Å². The van der Waals surface area contributed by atoms with Crippen LogP contribution in [-0.4, -0.2) is 35.1 Å². The Morgan fingerprint density at radius 2 is 2.12 bits per heavy atom. The molecule has 0 aliphatic carbocycles. The molecular weight excluding hydrogens is 324 g/mol. The zero-order valence-corrected chi connectivity index (χ0v) is 14.0. The molecule has 0 unspecified atom stereocenters. The quantitative estimate of drug-likeness (QED) is 0.817. The lowest BCUT2D eigenvalue weighted by molar-refractivity contribution is -0.122. The van der Waals surface area contributed by atoms with Crippen molar-refractivity contribution in [1.29, 1.82) is 0 Å². The van der Waals surface area contributed by atoms with Gasteiger partial charge in [0.1, 0.15) is 0 Å². The van der Waals surface area contributed by atoms with Gasteiger partial charge in [-0.05, 0) is 37.1 Å². The van der Waals surface area contributed by atoms with Gasteiger partial charge in [0, 0.05) is 25.7 Å². The standard InChI is InChI=1S/C17H20N4O4/c1-11-19-15(20-25-11)10-24-17(23)12-4-6-14(7-5-12)21-8-2-3-13(9-21)16(18)22/h4-7,13H,2-3,8-10H2,1H3,(H2,18,22)/t13-/m0/s1. The number of aryl methyl sites for hydroxylation is 1. The molecule has 1 saturated heterocycles. The maximum atomic E-state index is 12.1. The molecule has 0 bridgehead atoms. The number of aromatic nitrogens is 2. The number of amides is 1. The van der Waals surface area contributed by atoms with Crippen LogP contribution in [-0.2, 0) is 16.1 Å². The van der Waals surface area contributed by atoms with Crippen LogP contribution in [0.15, 0.2) is 28.8 Å². The molecule has 1 atom stereocenters. The summed E-state index contributed by atoms with van der Waals surface area (Å²) in [6.45, 7) is 3.10. The number of carbonyl (C=O) groups excluding carboxylic acids is 2. The van der Waals surface area contributed by atoms with Crippen LogP contribution in [0.25, 0.3) is 0 Å². The maximum absolute atomic E-state index is 12.1. The highest BCUT2D eigenvalue weighted by atomic mass is 16.5. The second-order valence-electron chi connectivity index (χ2n) is 6.04. The number of rotatable bonds is 5. The summed E-state index contributed by atoms with van der Waals surface area (Å²) in [6.07, 6.45) is 1.74. The lowest BCUT2D eigenvalue weighted by atomic mass is 9.97. The van der Waals surface area contributed by atoms with E-state index >= 15 is 0 Å². The number of nitrogens with two attached hydrogens (primary N) is 1. The van der Waals surface area contributed by atoms with Crippen LogP contribution in [0.4, 0.5) is 5.69 Å². The second kappa shape index (κ2) is 7.33. The molecule has 2 N–H and O–H groups in total. The van der Waals surface area contributed by atoms with Crippen molar-refractivity contribution >= 4 is 17.6 Å². The first kappa shape index (κ1) is 16.9. The average Bonchev–Trinajstić information content (AvgIpc) is 3.05. The van der Waals surface area contributed by atoms with Gasteiger partial charge in [-0.1, -0.05) is 5.16 Å². The summed E-state index contributed by atoms with van der Waals surface area (Å²) in [7, 11) is 0. The van der Waals surface area contributed by atoms with Gasteiger partial charge in [0.15, 0.2) is 6.61 Å². The minimum atomic E-state index is -0.456. The van der Waals surface area contributed by atoms with E-state index in [1.54, 1.807) is 19.1 Å². The number of hydrogen-bond acceptors (Lipinski definition) is 7. The number of primary amides is 1. The molecule has 1 aliphatic heterocycles. The Morgan fingerprint density at radius 3 is 2.76 bits per heavy atom. The van der Waals surface area contributed by atoms with Crippen molar-refractivity contribution in [3.8, 4) is 0 Å². The first-order chi connectivity index (χ1) is 12.0. The SMILES string of the molecule is Cc1nc(COC(=O)c2ccc(N3CCC[C@H](C(N)=O)C3)cc2)no1. The summed E-state index contributed by atoms with van der Waals surface area (Å²) < 4.78 is 9.98. The highest BCUT2D eigenvalue weighted by Crippen LogP contribution is 2.23. The number of anilines is 1. The van der Waals surface area contributed by atoms with Gasteiger partial charge in [-0.3, -0.25) is 4.79 Å². The van der Waals surface area contributed by atoms with Crippen LogP contribution < -0.4 is 10.6 Å².